The summed E-state index contributed by atoms with van der Waals surface area (Å²) in [6.07, 6.45) is 0. The van der Waals surface area contributed by atoms with Crippen molar-refractivity contribution in [2.24, 2.45) is 5.73 Å². The van der Waals surface area contributed by atoms with E-state index in [1.807, 2.05) is 31.2 Å². The molecule has 0 saturated carbocycles. The van der Waals surface area contributed by atoms with Gasteiger partial charge in [-0.2, -0.15) is 0 Å². The predicted octanol–water partition coefficient (Wildman–Crippen LogP) is 2.79. The zero-order valence-electron chi connectivity index (χ0n) is 14.9. The van der Waals surface area contributed by atoms with Gasteiger partial charge in [0.15, 0.2) is 18.1 Å². The highest BCUT2D eigenvalue weighted by Gasteiger charge is 2.19. The predicted molar refractivity (Wildman–Crippen MR) is 99.7 cm³/mol. The first kappa shape index (κ1) is 19.6. The molecule has 0 heterocycles. The molecule has 0 atom stereocenters. The zero-order valence-corrected chi connectivity index (χ0v) is 15.7. The number of halogens is 1. The number of aryl methyl sites for hydroxylation is 1. The first-order valence-electron chi connectivity index (χ1n) is 7.92. The molecule has 0 aromatic heterocycles. The van der Waals surface area contributed by atoms with Gasteiger partial charge in [0, 0.05) is 19.2 Å². The fourth-order valence-electron chi connectivity index (χ4n) is 2.46. The van der Waals surface area contributed by atoms with Crippen LogP contribution < -0.4 is 15.2 Å². The number of carbonyl (C=O) groups is 2. The molecule has 0 aliphatic rings. The van der Waals surface area contributed by atoms with Crippen LogP contribution in [0.15, 0.2) is 36.4 Å². The Morgan fingerprint density at radius 2 is 1.92 bits per heavy atom. The number of amides is 2. The molecular weight excluding hydrogens is 356 g/mol. The Morgan fingerprint density at radius 3 is 2.54 bits per heavy atom. The van der Waals surface area contributed by atoms with Crippen molar-refractivity contribution in [3.05, 3.63) is 58.1 Å². The van der Waals surface area contributed by atoms with Crippen molar-refractivity contribution >= 4 is 23.4 Å². The molecule has 2 aromatic carbocycles. The minimum absolute atomic E-state index is 0.165. The third-order valence-corrected chi connectivity index (χ3v) is 4.13. The van der Waals surface area contributed by atoms with E-state index in [0.717, 1.165) is 11.1 Å². The fourth-order valence-corrected chi connectivity index (χ4v) is 2.73. The quantitative estimate of drug-likeness (QED) is 0.805. The van der Waals surface area contributed by atoms with Gasteiger partial charge in [-0.25, -0.2) is 0 Å². The molecule has 2 amide bonds. The van der Waals surface area contributed by atoms with Crippen LogP contribution in [-0.2, 0) is 11.3 Å². The number of ether oxygens (including phenoxy) is 2. The monoisotopic (exact) mass is 376 g/mol. The Bertz CT molecular complexity index is 823. The minimum Gasteiger partial charge on any atom is -0.493 e. The number of carbonyl (C=O) groups excluding carboxylic acids is 2. The number of primary amides is 1. The number of hydrogen-bond donors (Lipinski definition) is 1. The lowest BCUT2D eigenvalue weighted by Crippen LogP contribution is -2.26. The van der Waals surface area contributed by atoms with Crippen LogP contribution in [0.2, 0.25) is 5.02 Å². The van der Waals surface area contributed by atoms with Crippen LogP contribution in [0, 0.1) is 6.92 Å². The summed E-state index contributed by atoms with van der Waals surface area (Å²) < 4.78 is 10.5. The minimum atomic E-state index is -0.638. The third-order valence-electron chi connectivity index (χ3n) is 3.85. The summed E-state index contributed by atoms with van der Waals surface area (Å²) in [5.41, 5.74) is 7.60. The maximum Gasteiger partial charge on any atom is 0.255 e. The summed E-state index contributed by atoms with van der Waals surface area (Å²) in [5, 5.41) is 0.165. The molecule has 2 aromatic rings. The summed E-state index contributed by atoms with van der Waals surface area (Å²) >= 11 is 6.20. The highest BCUT2D eigenvalue weighted by molar-refractivity contribution is 6.32. The summed E-state index contributed by atoms with van der Waals surface area (Å²) in [6, 6.07) is 10.9. The maximum atomic E-state index is 12.8. The van der Waals surface area contributed by atoms with Gasteiger partial charge in [-0.15, -0.1) is 0 Å². The van der Waals surface area contributed by atoms with Crippen molar-refractivity contribution in [3.8, 4) is 11.5 Å². The topological polar surface area (TPSA) is 81.9 Å². The van der Waals surface area contributed by atoms with Crippen molar-refractivity contribution in [1.82, 2.24) is 4.90 Å². The number of nitrogens with two attached hydrogens (primary N) is 1. The molecular formula is C19H21ClN2O4. The van der Waals surface area contributed by atoms with E-state index in [1.54, 1.807) is 11.9 Å². The molecule has 6 nitrogen and oxygen atoms in total. The molecule has 26 heavy (non-hydrogen) atoms. The second-order valence-electron chi connectivity index (χ2n) is 5.83. The second-order valence-corrected chi connectivity index (χ2v) is 6.24. The fraction of sp³-hybridized carbons (Fsp3) is 0.263. The molecule has 138 valence electrons. The normalized spacial score (nSPS) is 10.3. The van der Waals surface area contributed by atoms with E-state index >= 15 is 0 Å². The SMILES string of the molecule is COc1cc(C(=O)N(C)Cc2ccccc2C)cc(Cl)c1OCC(N)=O. The van der Waals surface area contributed by atoms with Gasteiger partial charge in [0.25, 0.3) is 11.8 Å². The Kier molecular flexibility index (Phi) is 6.46. The van der Waals surface area contributed by atoms with Gasteiger partial charge >= 0.3 is 0 Å². The van der Waals surface area contributed by atoms with Crippen LogP contribution in [0.25, 0.3) is 0 Å². The van der Waals surface area contributed by atoms with Crippen molar-refractivity contribution in [2.45, 2.75) is 13.5 Å². The van der Waals surface area contributed by atoms with E-state index in [2.05, 4.69) is 0 Å². The summed E-state index contributed by atoms with van der Waals surface area (Å²) in [4.78, 5) is 25.3. The second kappa shape index (κ2) is 8.58. The van der Waals surface area contributed by atoms with E-state index in [4.69, 9.17) is 26.8 Å². The molecule has 2 N–H and O–H groups in total. The van der Waals surface area contributed by atoms with Gasteiger partial charge < -0.3 is 20.1 Å². The van der Waals surface area contributed by atoms with Gasteiger partial charge in [-0.3, -0.25) is 9.59 Å². The van der Waals surface area contributed by atoms with E-state index < -0.39 is 5.91 Å². The molecule has 0 radical (unpaired) electrons. The first-order valence-corrected chi connectivity index (χ1v) is 8.30. The molecule has 7 heteroatoms. The van der Waals surface area contributed by atoms with Crippen LogP contribution in [0.4, 0.5) is 0 Å². The van der Waals surface area contributed by atoms with E-state index in [-0.39, 0.29) is 29.0 Å². The first-order chi connectivity index (χ1) is 12.3. The molecule has 0 aliphatic heterocycles. The third kappa shape index (κ3) is 4.67. The van der Waals surface area contributed by atoms with Crippen molar-refractivity contribution in [2.75, 3.05) is 20.8 Å². The van der Waals surface area contributed by atoms with Crippen LogP contribution >= 0.6 is 11.6 Å². The van der Waals surface area contributed by atoms with Crippen LogP contribution in [0.5, 0.6) is 11.5 Å². The van der Waals surface area contributed by atoms with Crippen molar-refractivity contribution in [3.63, 3.8) is 0 Å². The average Bonchev–Trinajstić information content (AvgIpc) is 2.61. The Balaban J connectivity index is 2.24. The summed E-state index contributed by atoms with van der Waals surface area (Å²) in [7, 11) is 3.14. The van der Waals surface area contributed by atoms with Gasteiger partial charge in [0.05, 0.1) is 12.1 Å². The lowest BCUT2D eigenvalue weighted by molar-refractivity contribution is -0.119. The lowest BCUT2D eigenvalue weighted by atomic mass is 10.1. The molecule has 2 rings (SSSR count). The van der Waals surface area contributed by atoms with E-state index in [9.17, 15) is 9.59 Å². The molecule has 0 fully saturated rings. The number of benzene rings is 2. The Labute approximate surface area is 157 Å². The summed E-state index contributed by atoms with van der Waals surface area (Å²) in [5.74, 6) is -0.423. The van der Waals surface area contributed by atoms with Crippen molar-refractivity contribution < 1.29 is 19.1 Å². The maximum absolute atomic E-state index is 12.8. The van der Waals surface area contributed by atoms with Crippen molar-refractivity contribution in [1.29, 1.82) is 0 Å². The number of methoxy groups -OCH3 is 1. The van der Waals surface area contributed by atoms with Gasteiger partial charge in [-0.1, -0.05) is 35.9 Å². The molecule has 0 spiro atoms. The van der Waals surface area contributed by atoms with Crippen LogP contribution in [0.3, 0.4) is 0 Å². The zero-order chi connectivity index (χ0) is 19.3. The Morgan fingerprint density at radius 1 is 1.23 bits per heavy atom. The summed E-state index contributed by atoms with van der Waals surface area (Å²) in [6.45, 7) is 2.13. The highest BCUT2D eigenvalue weighted by atomic mass is 35.5. The smallest absolute Gasteiger partial charge is 0.255 e. The van der Waals surface area contributed by atoms with Crippen LogP contribution in [0.1, 0.15) is 21.5 Å². The van der Waals surface area contributed by atoms with E-state index in [1.165, 1.54) is 19.2 Å². The van der Waals surface area contributed by atoms with Gasteiger partial charge in [0.1, 0.15) is 0 Å². The lowest BCUT2D eigenvalue weighted by Gasteiger charge is -2.20. The largest absolute Gasteiger partial charge is 0.493 e. The van der Waals surface area contributed by atoms with Gasteiger partial charge in [-0.05, 0) is 30.2 Å². The molecule has 0 aliphatic carbocycles. The highest BCUT2D eigenvalue weighted by Crippen LogP contribution is 2.36. The Hall–Kier alpha value is -2.73. The standard InChI is InChI=1S/C19H21ClN2O4/c1-12-6-4-5-7-13(12)10-22(2)19(24)14-8-15(20)18(16(9-14)25-3)26-11-17(21)23/h4-9H,10-11H2,1-3H3,(H2,21,23). The molecule has 0 bridgehead atoms. The molecule has 0 saturated heterocycles. The van der Waals surface area contributed by atoms with Crippen LogP contribution in [-0.4, -0.2) is 37.5 Å². The number of hydrogen-bond acceptors (Lipinski definition) is 4. The number of nitrogens with zero attached hydrogens (tertiary/aromatic N) is 1. The molecule has 0 unspecified atom stereocenters. The average molecular weight is 377 g/mol. The van der Waals surface area contributed by atoms with Gasteiger partial charge in [0.2, 0.25) is 0 Å². The van der Waals surface area contributed by atoms with E-state index in [0.29, 0.717) is 12.1 Å². The number of rotatable bonds is 7.